The molecular weight excluding hydrogens is 324 g/mol. The summed E-state index contributed by atoms with van der Waals surface area (Å²) in [5, 5.41) is 1.98. The first-order valence-electron chi connectivity index (χ1n) is 8.06. The highest BCUT2D eigenvalue weighted by Gasteiger charge is 2.14. The Morgan fingerprint density at radius 3 is 2.58 bits per heavy atom. The van der Waals surface area contributed by atoms with E-state index >= 15 is 0 Å². The maximum absolute atomic E-state index is 12.4. The molecule has 2 aromatic heterocycles. The lowest BCUT2D eigenvalue weighted by atomic mass is 10.1. The number of aromatic nitrogens is 2. The zero-order chi connectivity index (χ0) is 17.1. The molecule has 0 aliphatic rings. The monoisotopic (exact) mass is 344 g/mol. The molecule has 0 N–H and O–H groups in total. The van der Waals surface area contributed by atoms with E-state index in [-0.39, 0.29) is 5.56 Å². The van der Waals surface area contributed by atoms with Crippen LogP contribution in [0.3, 0.4) is 0 Å². The molecule has 6 heteroatoms. The maximum Gasteiger partial charge on any atom is 0.271 e. The molecule has 0 fully saturated rings. The van der Waals surface area contributed by atoms with Crippen LogP contribution in [-0.4, -0.2) is 22.8 Å². The summed E-state index contributed by atoms with van der Waals surface area (Å²) in [6, 6.07) is 5.83. The Morgan fingerprint density at radius 1 is 1.12 bits per heavy atom. The molecule has 126 valence electrons. The molecule has 2 heterocycles. The molecule has 0 saturated carbocycles. The number of rotatable bonds is 6. The topological polar surface area (TPSA) is 53.4 Å². The minimum atomic E-state index is 0.00900. The predicted molar refractivity (Wildman–Crippen MR) is 97.3 cm³/mol. The highest BCUT2D eigenvalue weighted by Crippen LogP contribution is 2.36. The van der Waals surface area contributed by atoms with Crippen LogP contribution >= 0.6 is 11.3 Å². The van der Waals surface area contributed by atoms with Gasteiger partial charge in [-0.1, -0.05) is 6.07 Å². The van der Waals surface area contributed by atoms with Gasteiger partial charge in [-0.15, -0.1) is 11.3 Å². The van der Waals surface area contributed by atoms with Crippen molar-refractivity contribution in [1.29, 1.82) is 0 Å². The summed E-state index contributed by atoms with van der Waals surface area (Å²) in [5.74, 6) is 1.43. The van der Waals surface area contributed by atoms with E-state index in [4.69, 9.17) is 9.47 Å². The second-order valence-electron chi connectivity index (χ2n) is 5.19. The molecule has 0 spiro atoms. The molecule has 24 heavy (non-hydrogen) atoms. The fourth-order valence-corrected chi connectivity index (χ4v) is 3.57. The Balaban J connectivity index is 2.12. The first kappa shape index (κ1) is 16.5. The first-order valence-corrected chi connectivity index (χ1v) is 8.94. The minimum Gasteiger partial charge on any atom is -0.490 e. The fourth-order valence-electron chi connectivity index (χ4n) is 2.59. The zero-order valence-corrected chi connectivity index (χ0v) is 14.9. The SMILES string of the molecule is CCOc1ccc(-c2csc3c(=O)n(CC)cnc23)cc1OCC. The van der Waals surface area contributed by atoms with Crippen LogP contribution < -0.4 is 15.0 Å². The van der Waals surface area contributed by atoms with Gasteiger partial charge in [0.25, 0.3) is 5.56 Å². The lowest BCUT2D eigenvalue weighted by molar-refractivity contribution is 0.288. The van der Waals surface area contributed by atoms with Gasteiger partial charge in [-0.2, -0.15) is 0 Å². The Kier molecular flexibility index (Phi) is 4.85. The van der Waals surface area contributed by atoms with Crippen molar-refractivity contribution in [3.05, 3.63) is 40.3 Å². The van der Waals surface area contributed by atoms with Crippen molar-refractivity contribution in [1.82, 2.24) is 9.55 Å². The third-order valence-corrected chi connectivity index (χ3v) is 4.70. The van der Waals surface area contributed by atoms with Crippen LogP contribution in [0.25, 0.3) is 21.3 Å². The largest absolute Gasteiger partial charge is 0.490 e. The second-order valence-corrected chi connectivity index (χ2v) is 6.07. The van der Waals surface area contributed by atoms with Gasteiger partial charge in [0.05, 0.1) is 25.1 Å². The average molecular weight is 344 g/mol. The van der Waals surface area contributed by atoms with Crippen molar-refractivity contribution in [2.45, 2.75) is 27.3 Å². The summed E-state index contributed by atoms with van der Waals surface area (Å²) in [7, 11) is 0. The van der Waals surface area contributed by atoms with Crippen molar-refractivity contribution in [2.75, 3.05) is 13.2 Å². The highest BCUT2D eigenvalue weighted by atomic mass is 32.1. The number of thiophene rings is 1. The van der Waals surface area contributed by atoms with Gasteiger partial charge in [0.1, 0.15) is 4.70 Å². The first-order chi connectivity index (χ1) is 11.7. The van der Waals surface area contributed by atoms with Crippen molar-refractivity contribution >= 4 is 21.6 Å². The fraction of sp³-hybridized carbons (Fsp3) is 0.333. The quantitative estimate of drug-likeness (QED) is 0.679. The van der Waals surface area contributed by atoms with Crippen LogP contribution in [0.4, 0.5) is 0 Å². The standard InChI is InChI=1S/C18H20N2O3S/c1-4-20-11-19-16-13(10-24-17(16)18(20)21)12-7-8-14(22-5-2)15(9-12)23-6-3/h7-11H,4-6H2,1-3H3. The summed E-state index contributed by atoms with van der Waals surface area (Å²) in [5.41, 5.74) is 2.66. The summed E-state index contributed by atoms with van der Waals surface area (Å²) < 4.78 is 13.6. The number of hydrogen-bond donors (Lipinski definition) is 0. The molecule has 0 bridgehead atoms. The summed E-state index contributed by atoms with van der Waals surface area (Å²) in [4.78, 5) is 16.9. The van der Waals surface area contributed by atoms with Gasteiger partial charge in [0.2, 0.25) is 0 Å². The molecule has 0 amide bonds. The highest BCUT2D eigenvalue weighted by molar-refractivity contribution is 7.17. The lowest BCUT2D eigenvalue weighted by Crippen LogP contribution is -2.18. The van der Waals surface area contributed by atoms with E-state index in [1.165, 1.54) is 11.3 Å². The zero-order valence-electron chi connectivity index (χ0n) is 14.0. The molecule has 5 nitrogen and oxygen atoms in total. The number of fused-ring (bicyclic) bond motifs is 1. The van der Waals surface area contributed by atoms with E-state index in [1.54, 1.807) is 10.9 Å². The van der Waals surface area contributed by atoms with Crippen LogP contribution in [-0.2, 0) is 6.54 Å². The lowest BCUT2D eigenvalue weighted by Gasteiger charge is -2.12. The molecule has 0 radical (unpaired) electrons. The maximum atomic E-state index is 12.4. The van der Waals surface area contributed by atoms with E-state index in [0.717, 1.165) is 22.4 Å². The smallest absolute Gasteiger partial charge is 0.271 e. The molecular formula is C18H20N2O3S. The molecule has 3 aromatic rings. The second kappa shape index (κ2) is 7.05. The van der Waals surface area contributed by atoms with Gasteiger partial charge in [0, 0.05) is 17.5 Å². The van der Waals surface area contributed by atoms with E-state index < -0.39 is 0 Å². The van der Waals surface area contributed by atoms with Gasteiger partial charge in [-0.05, 0) is 38.5 Å². The normalized spacial score (nSPS) is 11.0. The van der Waals surface area contributed by atoms with E-state index in [1.807, 2.05) is 44.4 Å². The van der Waals surface area contributed by atoms with E-state index in [2.05, 4.69) is 4.98 Å². The van der Waals surface area contributed by atoms with Gasteiger partial charge in [0.15, 0.2) is 11.5 Å². The van der Waals surface area contributed by atoms with Crippen LogP contribution in [0.1, 0.15) is 20.8 Å². The van der Waals surface area contributed by atoms with Crippen LogP contribution in [0.15, 0.2) is 34.7 Å². The molecule has 0 saturated heterocycles. The Morgan fingerprint density at radius 2 is 1.88 bits per heavy atom. The summed E-state index contributed by atoms with van der Waals surface area (Å²) >= 11 is 1.43. The van der Waals surface area contributed by atoms with Crippen molar-refractivity contribution < 1.29 is 9.47 Å². The molecule has 3 rings (SSSR count). The van der Waals surface area contributed by atoms with Gasteiger partial charge >= 0.3 is 0 Å². The average Bonchev–Trinajstić information content (AvgIpc) is 3.02. The summed E-state index contributed by atoms with van der Waals surface area (Å²) in [6.45, 7) is 7.58. The van der Waals surface area contributed by atoms with Gasteiger partial charge < -0.3 is 9.47 Å². The van der Waals surface area contributed by atoms with Crippen LogP contribution in [0.2, 0.25) is 0 Å². The number of ether oxygens (including phenoxy) is 2. The predicted octanol–water partition coefficient (Wildman–Crippen LogP) is 3.94. The molecule has 0 atom stereocenters. The number of benzene rings is 1. The Hall–Kier alpha value is -2.34. The summed E-state index contributed by atoms with van der Waals surface area (Å²) in [6.07, 6.45) is 1.61. The van der Waals surface area contributed by atoms with Gasteiger partial charge in [-0.25, -0.2) is 4.98 Å². The number of nitrogens with zero attached hydrogens (tertiary/aromatic N) is 2. The van der Waals surface area contributed by atoms with Crippen molar-refractivity contribution in [3.8, 4) is 22.6 Å². The number of aryl methyl sites for hydroxylation is 1. The molecule has 0 aliphatic heterocycles. The molecule has 0 unspecified atom stereocenters. The third-order valence-electron chi connectivity index (χ3n) is 3.74. The van der Waals surface area contributed by atoms with Crippen molar-refractivity contribution in [3.63, 3.8) is 0 Å². The van der Waals surface area contributed by atoms with Gasteiger partial charge in [-0.3, -0.25) is 9.36 Å². The Labute approximate surface area is 144 Å². The third kappa shape index (κ3) is 2.89. The minimum absolute atomic E-state index is 0.00900. The molecule has 1 aromatic carbocycles. The van der Waals surface area contributed by atoms with E-state index in [0.29, 0.717) is 30.2 Å². The number of hydrogen-bond acceptors (Lipinski definition) is 5. The Bertz CT molecular complexity index is 914. The van der Waals surface area contributed by atoms with Crippen LogP contribution in [0.5, 0.6) is 11.5 Å². The molecule has 0 aliphatic carbocycles. The van der Waals surface area contributed by atoms with Crippen molar-refractivity contribution in [2.24, 2.45) is 0 Å². The van der Waals surface area contributed by atoms with E-state index in [9.17, 15) is 4.79 Å². The van der Waals surface area contributed by atoms with Crippen LogP contribution in [0, 0.1) is 0 Å².